The molecule has 3 aliphatic rings. The molecule has 0 unspecified atom stereocenters. The number of fused-ring (bicyclic) bond motifs is 3. The summed E-state index contributed by atoms with van der Waals surface area (Å²) < 4.78 is 12.6. The van der Waals surface area contributed by atoms with Crippen molar-refractivity contribution in [1.29, 1.82) is 0 Å². The number of halogens is 1. The number of carbonyl (C=O) groups excluding carboxylic acids is 1. The average Bonchev–Trinajstić information content (AvgIpc) is 3.68. The van der Waals surface area contributed by atoms with Crippen LogP contribution < -0.4 is 12.4 Å². The minimum atomic E-state index is -1.77. The Morgan fingerprint density at radius 3 is 2.33 bits per heavy atom. The van der Waals surface area contributed by atoms with Gasteiger partial charge in [-0.25, -0.2) is 4.79 Å². The first-order chi connectivity index (χ1) is 17.1. The van der Waals surface area contributed by atoms with Crippen LogP contribution in [0.25, 0.3) is 11.3 Å². The zero-order chi connectivity index (χ0) is 23.9. The smallest absolute Gasteiger partial charge is 0.349 e. The molecule has 0 spiro atoms. The van der Waals surface area contributed by atoms with Crippen molar-refractivity contribution in [3.8, 4) is 11.3 Å². The molecule has 0 radical (unpaired) electrons. The van der Waals surface area contributed by atoms with Crippen LogP contribution in [-0.4, -0.2) is 46.5 Å². The van der Waals surface area contributed by atoms with Gasteiger partial charge < -0.3 is 31.3 Å². The van der Waals surface area contributed by atoms with Crippen molar-refractivity contribution in [1.82, 2.24) is 5.16 Å². The van der Waals surface area contributed by atoms with Crippen molar-refractivity contribution in [3.05, 3.63) is 86.9 Å². The van der Waals surface area contributed by atoms with Crippen LogP contribution in [0, 0.1) is 5.92 Å². The minimum Gasteiger partial charge on any atom is -1.00 e. The molecule has 0 amide bonds. The maximum Gasteiger partial charge on any atom is 0.349 e. The van der Waals surface area contributed by atoms with Crippen LogP contribution in [0.1, 0.15) is 28.3 Å². The Labute approximate surface area is 224 Å². The number of hydrogen-bond donors (Lipinski definition) is 1. The standard InChI is InChI=1S/C27H27N2O4S2.ClH/c30-26(27(31,24-8-4-14-34-24)25-9-5-15-35-25)32-23-18-29(12-10-20(23)11-13-29)17-21-16-22(33-28-21)19-6-2-1-3-7-19;/h1-9,14-16,20,23,31H,10-13,17-18H2;1H/q+1;/p-1/t20?,23-,29?;/m0./s1. The van der Waals surface area contributed by atoms with Gasteiger partial charge in [-0.05, 0) is 22.9 Å². The Bertz CT molecular complexity index is 1250. The fourth-order valence-corrected chi connectivity index (χ4v) is 7.27. The number of aromatic nitrogens is 1. The summed E-state index contributed by atoms with van der Waals surface area (Å²) in [6.45, 7) is 3.55. The quantitative estimate of drug-likeness (QED) is 0.286. The molecule has 1 atom stereocenters. The van der Waals surface area contributed by atoms with Crippen LogP contribution in [0.15, 0.2) is 75.9 Å². The number of hydrogen-bond acceptors (Lipinski definition) is 7. The molecule has 3 aliphatic heterocycles. The zero-order valence-electron chi connectivity index (χ0n) is 19.6. The van der Waals surface area contributed by atoms with Gasteiger partial charge in [-0.3, -0.25) is 0 Å². The van der Waals surface area contributed by atoms with E-state index in [2.05, 4.69) is 5.16 Å². The van der Waals surface area contributed by atoms with E-state index < -0.39 is 11.6 Å². The fraction of sp³-hybridized carbons (Fsp3) is 0.333. The largest absolute Gasteiger partial charge is 1.00 e. The van der Waals surface area contributed by atoms with Gasteiger partial charge in [0.05, 0.1) is 22.8 Å². The topological polar surface area (TPSA) is 72.6 Å². The monoisotopic (exact) mass is 542 g/mol. The molecule has 7 rings (SSSR count). The van der Waals surface area contributed by atoms with E-state index in [0.29, 0.717) is 15.7 Å². The van der Waals surface area contributed by atoms with Gasteiger partial charge in [0.25, 0.3) is 0 Å². The van der Waals surface area contributed by atoms with Crippen molar-refractivity contribution in [2.45, 2.75) is 31.1 Å². The number of rotatable bonds is 7. The summed E-state index contributed by atoms with van der Waals surface area (Å²) in [5.41, 5.74) is 0.162. The Morgan fingerprint density at radius 2 is 1.72 bits per heavy atom. The molecule has 3 saturated heterocycles. The number of carbonyl (C=O) groups is 1. The van der Waals surface area contributed by atoms with Gasteiger partial charge in [-0.15, -0.1) is 22.7 Å². The summed E-state index contributed by atoms with van der Waals surface area (Å²) in [5.74, 6) is 0.518. The predicted molar refractivity (Wildman–Crippen MR) is 135 cm³/mol. The molecule has 3 fully saturated rings. The molecule has 4 aromatic rings. The molecule has 3 aromatic heterocycles. The lowest BCUT2D eigenvalue weighted by molar-refractivity contribution is -0.958. The molecule has 0 saturated carbocycles. The minimum absolute atomic E-state index is 0. The Balaban J connectivity index is 0.00000267. The van der Waals surface area contributed by atoms with E-state index in [-0.39, 0.29) is 18.5 Å². The van der Waals surface area contributed by atoms with Gasteiger partial charge in [0.1, 0.15) is 18.8 Å². The molecule has 6 heterocycles. The lowest BCUT2D eigenvalue weighted by atomic mass is 9.83. The van der Waals surface area contributed by atoms with E-state index in [0.717, 1.165) is 60.5 Å². The zero-order valence-corrected chi connectivity index (χ0v) is 22.0. The molecule has 6 nitrogen and oxygen atoms in total. The van der Waals surface area contributed by atoms with E-state index in [1.165, 1.54) is 22.7 Å². The maximum absolute atomic E-state index is 13.5. The summed E-state index contributed by atoms with van der Waals surface area (Å²) in [6, 6.07) is 19.3. The lowest BCUT2D eigenvalue weighted by Crippen LogP contribution is -3.00. The highest BCUT2D eigenvalue weighted by molar-refractivity contribution is 7.12. The SMILES string of the molecule is O=C(O[C@H]1C[N+]2(Cc3cc(-c4ccccc4)on3)CCC1CC2)C(O)(c1cccs1)c1cccs1.[Cl-]. The molecule has 9 heteroatoms. The first-order valence-corrected chi connectivity index (χ1v) is 13.7. The number of thiophene rings is 2. The van der Waals surface area contributed by atoms with Crippen LogP contribution in [0.3, 0.4) is 0 Å². The number of aliphatic hydroxyl groups is 1. The number of nitrogens with zero attached hydrogens (tertiary/aromatic N) is 2. The summed E-state index contributed by atoms with van der Waals surface area (Å²) in [4.78, 5) is 14.7. The molecular formula is C27H27ClN2O4S2. The van der Waals surface area contributed by atoms with E-state index in [1.807, 2.05) is 59.3 Å². The first kappa shape index (κ1) is 25.2. The second kappa shape index (κ2) is 10.1. The third kappa shape index (κ3) is 4.53. The van der Waals surface area contributed by atoms with E-state index >= 15 is 0 Å². The van der Waals surface area contributed by atoms with Gasteiger partial charge >= 0.3 is 5.97 Å². The van der Waals surface area contributed by atoms with Crippen molar-refractivity contribution >= 4 is 28.6 Å². The molecule has 1 aromatic carbocycles. The Kier molecular flexibility index (Phi) is 7.07. The van der Waals surface area contributed by atoms with Crippen LogP contribution in [-0.2, 0) is 21.7 Å². The number of quaternary nitrogens is 1. The third-order valence-corrected chi connectivity index (χ3v) is 9.42. The summed E-state index contributed by atoms with van der Waals surface area (Å²) in [7, 11) is 0. The van der Waals surface area contributed by atoms with Crippen LogP contribution >= 0.6 is 22.7 Å². The summed E-state index contributed by atoms with van der Waals surface area (Å²) in [5, 5.41) is 19.7. The lowest BCUT2D eigenvalue weighted by Gasteiger charge is -2.51. The number of piperidine rings is 3. The third-order valence-electron chi connectivity index (χ3n) is 7.47. The van der Waals surface area contributed by atoms with Crippen molar-refractivity contribution in [3.63, 3.8) is 0 Å². The fourth-order valence-electron chi connectivity index (χ4n) is 5.56. The maximum atomic E-state index is 13.5. The predicted octanol–water partition coefficient (Wildman–Crippen LogP) is 2.06. The summed E-state index contributed by atoms with van der Waals surface area (Å²) >= 11 is 2.74. The van der Waals surface area contributed by atoms with Crippen LogP contribution in [0.4, 0.5) is 0 Å². The second-order valence-electron chi connectivity index (χ2n) is 9.62. The second-order valence-corrected chi connectivity index (χ2v) is 11.5. The van der Waals surface area contributed by atoms with Crippen LogP contribution in [0.2, 0.25) is 0 Å². The Morgan fingerprint density at radius 1 is 1.06 bits per heavy atom. The van der Waals surface area contributed by atoms with Gasteiger partial charge in [-0.1, -0.05) is 47.6 Å². The molecule has 188 valence electrons. The van der Waals surface area contributed by atoms with Gasteiger partial charge in [0.2, 0.25) is 5.60 Å². The van der Waals surface area contributed by atoms with E-state index in [1.54, 1.807) is 12.1 Å². The van der Waals surface area contributed by atoms with Gasteiger partial charge in [0, 0.05) is 30.4 Å². The van der Waals surface area contributed by atoms with Crippen LogP contribution in [0.5, 0.6) is 0 Å². The van der Waals surface area contributed by atoms with Gasteiger partial charge in [0.15, 0.2) is 11.9 Å². The highest BCUT2D eigenvalue weighted by atomic mass is 35.5. The van der Waals surface area contributed by atoms with Crippen molar-refractivity contribution in [2.75, 3.05) is 19.6 Å². The van der Waals surface area contributed by atoms with Gasteiger partial charge in [-0.2, -0.15) is 0 Å². The number of benzene rings is 1. The van der Waals surface area contributed by atoms with Crippen molar-refractivity contribution < 1.29 is 36.1 Å². The molecule has 0 aliphatic carbocycles. The first-order valence-electron chi connectivity index (χ1n) is 11.9. The molecule has 1 N–H and O–H groups in total. The highest BCUT2D eigenvalue weighted by Gasteiger charge is 2.51. The number of ether oxygens (including phenoxy) is 1. The normalized spacial score (nSPS) is 23.2. The van der Waals surface area contributed by atoms with E-state index in [4.69, 9.17) is 9.26 Å². The van der Waals surface area contributed by atoms with Crippen molar-refractivity contribution in [2.24, 2.45) is 5.92 Å². The number of esters is 1. The molecular weight excluding hydrogens is 516 g/mol. The summed E-state index contributed by atoms with van der Waals surface area (Å²) in [6.07, 6.45) is 1.77. The molecule has 36 heavy (non-hydrogen) atoms. The van der Waals surface area contributed by atoms with E-state index in [9.17, 15) is 9.90 Å². The Hall–Kier alpha value is -2.49. The average molecular weight is 543 g/mol. The molecule has 2 bridgehead atoms. The highest BCUT2D eigenvalue weighted by Crippen LogP contribution is 2.41.